The number of rotatable bonds is 6. The van der Waals surface area contributed by atoms with Gasteiger partial charge in [-0.1, -0.05) is 17.7 Å². The summed E-state index contributed by atoms with van der Waals surface area (Å²) in [6.07, 6.45) is 2.39. The molecule has 1 aliphatic carbocycles. The third kappa shape index (κ3) is 3.38. The summed E-state index contributed by atoms with van der Waals surface area (Å²) in [7, 11) is 0. The smallest absolute Gasteiger partial charge is 0.110 e. The average Bonchev–Trinajstić information content (AvgIpc) is 2.82. The van der Waals surface area contributed by atoms with E-state index < -0.39 is 24.9 Å². The molecule has 0 bridgehead atoms. The van der Waals surface area contributed by atoms with E-state index in [0.717, 1.165) is 19.4 Å². The van der Waals surface area contributed by atoms with Crippen LogP contribution in [0.2, 0.25) is 0 Å². The van der Waals surface area contributed by atoms with E-state index in [2.05, 4.69) is 24.5 Å². The highest BCUT2D eigenvalue weighted by atomic mass is 16.4. The molecule has 2 aliphatic rings. The van der Waals surface area contributed by atoms with E-state index >= 15 is 0 Å². The summed E-state index contributed by atoms with van der Waals surface area (Å²) in [6.45, 7) is 6.80. The molecule has 120 valence electrons. The third-order valence-corrected chi connectivity index (χ3v) is 4.86. The van der Waals surface area contributed by atoms with Crippen LogP contribution >= 0.6 is 0 Å². The zero-order valence-electron chi connectivity index (χ0n) is 12.6. The fourth-order valence-electron chi connectivity index (χ4n) is 3.75. The van der Waals surface area contributed by atoms with Crippen molar-refractivity contribution in [3.05, 3.63) is 24.3 Å². The minimum absolute atomic E-state index is 0.175. The van der Waals surface area contributed by atoms with Crippen LogP contribution in [0.4, 0.5) is 0 Å². The first-order chi connectivity index (χ1) is 9.99. The first kappa shape index (κ1) is 16.6. The van der Waals surface area contributed by atoms with Gasteiger partial charge in [0.2, 0.25) is 0 Å². The molecule has 5 heteroatoms. The van der Waals surface area contributed by atoms with Gasteiger partial charge in [0.15, 0.2) is 0 Å². The molecule has 4 N–H and O–H groups in total. The third-order valence-electron chi connectivity index (χ3n) is 4.86. The number of fused-ring (bicyclic) bond motifs is 1. The Kier molecular flexibility index (Phi) is 5.57. The van der Waals surface area contributed by atoms with Crippen molar-refractivity contribution in [2.24, 2.45) is 11.8 Å². The molecule has 21 heavy (non-hydrogen) atoms. The van der Waals surface area contributed by atoms with E-state index in [0.29, 0.717) is 12.5 Å². The van der Waals surface area contributed by atoms with E-state index in [9.17, 15) is 15.3 Å². The first-order valence-corrected chi connectivity index (χ1v) is 7.66. The van der Waals surface area contributed by atoms with Gasteiger partial charge in [0, 0.05) is 19.1 Å². The van der Waals surface area contributed by atoms with E-state index in [-0.39, 0.29) is 12.0 Å². The minimum Gasteiger partial charge on any atom is -0.394 e. The van der Waals surface area contributed by atoms with Crippen molar-refractivity contribution < 1.29 is 20.4 Å². The number of hydrogen-bond acceptors (Lipinski definition) is 5. The van der Waals surface area contributed by atoms with Crippen LogP contribution in [0, 0.1) is 11.8 Å². The summed E-state index contributed by atoms with van der Waals surface area (Å²) in [4.78, 5) is 2.12. The lowest BCUT2D eigenvalue weighted by Gasteiger charge is -2.35. The molecule has 0 saturated carbocycles. The van der Waals surface area contributed by atoms with Crippen LogP contribution in [-0.4, -0.2) is 69.4 Å². The lowest BCUT2D eigenvalue weighted by molar-refractivity contribution is -0.101. The fraction of sp³-hybridized carbons (Fsp3) is 0.750. The average molecular weight is 297 g/mol. The topological polar surface area (TPSA) is 84.2 Å². The van der Waals surface area contributed by atoms with Gasteiger partial charge >= 0.3 is 0 Å². The first-order valence-electron chi connectivity index (χ1n) is 7.66. The number of hydrogen-bond donors (Lipinski definition) is 4. The predicted octanol–water partition coefficient (Wildman–Crippen LogP) is -0.0959. The van der Waals surface area contributed by atoms with Crippen molar-refractivity contribution in [3.8, 4) is 0 Å². The molecular formula is C16H27NO4. The molecule has 0 aromatic heterocycles. The summed E-state index contributed by atoms with van der Waals surface area (Å²) in [6, 6.07) is -0.251. The summed E-state index contributed by atoms with van der Waals surface area (Å²) in [5.41, 5.74) is 1.31. The monoisotopic (exact) mass is 297 g/mol. The zero-order valence-corrected chi connectivity index (χ0v) is 12.6. The molecule has 1 fully saturated rings. The van der Waals surface area contributed by atoms with Gasteiger partial charge in [-0.2, -0.15) is 0 Å². The maximum atomic E-state index is 10.5. The lowest BCUT2D eigenvalue weighted by Crippen LogP contribution is -2.52. The van der Waals surface area contributed by atoms with Gasteiger partial charge in [-0.05, 0) is 31.6 Å². The number of allylic oxidation sites excluding steroid dienone is 1. The maximum absolute atomic E-state index is 10.5. The number of likely N-dealkylation sites (tertiary alicyclic amines) is 1. The molecule has 0 radical (unpaired) electrons. The Labute approximate surface area is 126 Å². The molecule has 1 saturated heterocycles. The summed E-state index contributed by atoms with van der Waals surface area (Å²) >= 11 is 0. The highest BCUT2D eigenvalue weighted by Crippen LogP contribution is 2.40. The molecule has 0 spiro atoms. The van der Waals surface area contributed by atoms with Crippen LogP contribution < -0.4 is 0 Å². The Morgan fingerprint density at radius 3 is 2.76 bits per heavy atom. The summed E-state index contributed by atoms with van der Waals surface area (Å²) in [5.74, 6) is 0.640. The van der Waals surface area contributed by atoms with E-state index in [1.165, 1.54) is 5.57 Å². The van der Waals surface area contributed by atoms with Gasteiger partial charge in [0.1, 0.15) is 12.2 Å². The molecule has 5 nitrogen and oxygen atoms in total. The summed E-state index contributed by atoms with van der Waals surface area (Å²) < 4.78 is 0. The van der Waals surface area contributed by atoms with E-state index in [1.807, 2.05) is 0 Å². The molecule has 0 aromatic carbocycles. The molecular weight excluding hydrogens is 270 g/mol. The molecule has 2 rings (SSSR count). The second kappa shape index (κ2) is 7.03. The van der Waals surface area contributed by atoms with Crippen LogP contribution in [0.5, 0.6) is 0 Å². The normalized spacial score (nSPS) is 34.0. The Balaban J connectivity index is 2.22. The van der Waals surface area contributed by atoms with Crippen molar-refractivity contribution in [3.63, 3.8) is 0 Å². The highest BCUT2D eigenvalue weighted by molar-refractivity contribution is 5.15. The molecule has 1 heterocycles. The highest BCUT2D eigenvalue weighted by Gasteiger charge is 2.47. The van der Waals surface area contributed by atoms with Crippen LogP contribution in [0.1, 0.15) is 19.8 Å². The predicted molar refractivity (Wildman–Crippen MR) is 80.6 cm³/mol. The lowest BCUT2D eigenvalue weighted by atomic mass is 9.78. The zero-order chi connectivity index (χ0) is 15.6. The number of aliphatic hydroxyl groups is 4. The van der Waals surface area contributed by atoms with Crippen molar-refractivity contribution in [2.45, 2.75) is 44.1 Å². The van der Waals surface area contributed by atoms with Gasteiger partial charge in [0.25, 0.3) is 0 Å². The number of aliphatic hydroxyl groups excluding tert-OH is 4. The van der Waals surface area contributed by atoms with Gasteiger partial charge in [-0.25, -0.2) is 0 Å². The Morgan fingerprint density at radius 1 is 1.43 bits per heavy atom. The van der Waals surface area contributed by atoms with E-state index in [1.54, 1.807) is 6.08 Å². The molecule has 6 atom stereocenters. The van der Waals surface area contributed by atoms with Gasteiger partial charge in [-0.3, -0.25) is 4.90 Å². The molecule has 0 aromatic rings. The molecule has 0 unspecified atom stereocenters. The van der Waals surface area contributed by atoms with Crippen molar-refractivity contribution in [1.29, 1.82) is 0 Å². The van der Waals surface area contributed by atoms with E-state index in [4.69, 9.17) is 5.11 Å². The SMILES string of the molecule is C=CCN1C[C@@H]2CCC(C)=C[C@@H]2[C@H]1[C@H](O)[C@H](O)[C@H](O)CO. The van der Waals surface area contributed by atoms with Crippen molar-refractivity contribution in [1.82, 2.24) is 4.90 Å². The second-order valence-electron chi connectivity index (χ2n) is 6.35. The number of nitrogens with zero attached hydrogens (tertiary/aromatic N) is 1. The Morgan fingerprint density at radius 2 is 2.14 bits per heavy atom. The van der Waals surface area contributed by atoms with Crippen molar-refractivity contribution in [2.75, 3.05) is 19.7 Å². The standard InChI is InChI=1S/C16H27NO4/c1-3-6-17-8-11-5-4-10(2)7-12(11)14(17)16(21)15(20)13(19)9-18/h3,7,11-16,18-21H,1,4-6,8-9H2,2H3/t11-,12-,13+,14-,15+,16-/m0/s1. The quantitative estimate of drug-likeness (QED) is 0.515. The fourth-order valence-corrected chi connectivity index (χ4v) is 3.75. The van der Waals surface area contributed by atoms with Crippen LogP contribution in [0.15, 0.2) is 24.3 Å². The van der Waals surface area contributed by atoms with Crippen LogP contribution in [-0.2, 0) is 0 Å². The van der Waals surface area contributed by atoms with Crippen LogP contribution in [0.25, 0.3) is 0 Å². The molecule has 0 amide bonds. The second-order valence-corrected chi connectivity index (χ2v) is 6.35. The Bertz CT molecular complexity index is 398. The van der Waals surface area contributed by atoms with Crippen molar-refractivity contribution >= 4 is 0 Å². The summed E-state index contributed by atoms with van der Waals surface area (Å²) in [5, 5.41) is 39.2. The van der Waals surface area contributed by atoms with Gasteiger partial charge < -0.3 is 20.4 Å². The minimum atomic E-state index is -1.35. The van der Waals surface area contributed by atoms with Crippen LogP contribution in [0.3, 0.4) is 0 Å². The van der Waals surface area contributed by atoms with Gasteiger partial charge in [0.05, 0.1) is 12.7 Å². The van der Waals surface area contributed by atoms with Gasteiger partial charge in [-0.15, -0.1) is 6.58 Å². The largest absolute Gasteiger partial charge is 0.394 e. The Hall–Kier alpha value is -0.720. The molecule has 1 aliphatic heterocycles. The maximum Gasteiger partial charge on any atom is 0.110 e.